The molecule has 0 unspecified atom stereocenters. The molecule has 1 saturated carbocycles. The maximum Gasteiger partial charge on any atom is 0.148 e. The van der Waals surface area contributed by atoms with Gasteiger partial charge in [-0.05, 0) is 39.0 Å². The Morgan fingerprint density at radius 1 is 1.16 bits per heavy atom. The molecular formula is C15H26ClN3. The normalized spacial score (nSPS) is 18.7. The van der Waals surface area contributed by atoms with Crippen molar-refractivity contribution >= 4 is 11.6 Å². The van der Waals surface area contributed by atoms with Gasteiger partial charge in [-0.3, -0.25) is 0 Å². The number of hydrogen-bond acceptors (Lipinski definition) is 2. The van der Waals surface area contributed by atoms with Crippen LogP contribution < -0.4 is 0 Å². The standard InChI is InChI=1S/C15H26ClN3/c1-11(2)9-15(7-5-6-8-15)14-18-17-13(10-16)19(14)12(3)4/h11-12H,5-10H2,1-4H3. The van der Waals surface area contributed by atoms with Crippen LogP contribution in [-0.4, -0.2) is 14.8 Å². The largest absolute Gasteiger partial charge is 0.311 e. The fraction of sp³-hybridized carbons (Fsp3) is 0.867. The summed E-state index contributed by atoms with van der Waals surface area (Å²) in [6, 6.07) is 0.378. The predicted octanol–water partition coefficient (Wildman–Crippen LogP) is 4.46. The minimum absolute atomic E-state index is 0.232. The second-order valence-electron chi connectivity index (χ2n) is 6.62. The van der Waals surface area contributed by atoms with Crippen LogP contribution in [-0.2, 0) is 11.3 Å². The van der Waals surface area contributed by atoms with Crippen LogP contribution in [0, 0.1) is 5.92 Å². The van der Waals surface area contributed by atoms with Gasteiger partial charge < -0.3 is 4.57 Å². The maximum atomic E-state index is 6.02. The first-order valence-electron chi connectivity index (χ1n) is 7.50. The summed E-state index contributed by atoms with van der Waals surface area (Å²) in [7, 11) is 0. The molecule has 1 aliphatic carbocycles. The zero-order chi connectivity index (χ0) is 14.0. The van der Waals surface area contributed by atoms with Gasteiger partial charge >= 0.3 is 0 Å². The molecule has 108 valence electrons. The molecule has 1 fully saturated rings. The van der Waals surface area contributed by atoms with E-state index in [4.69, 9.17) is 11.6 Å². The zero-order valence-electron chi connectivity index (χ0n) is 12.6. The summed E-state index contributed by atoms with van der Waals surface area (Å²) in [5.41, 5.74) is 0.232. The highest BCUT2D eigenvalue weighted by Crippen LogP contribution is 2.45. The maximum absolute atomic E-state index is 6.02. The summed E-state index contributed by atoms with van der Waals surface area (Å²) in [5, 5.41) is 8.88. The number of hydrogen-bond donors (Lipinski definition) is 0. The molecule has 1 aromatic rings. The first-order chi connectivity index (χ1) is 9.00. The van der Waals surface area contributed by atoms with Gasteiger partial charge in [0.05, 0.1) is 5.88 Å². The van der Waals surface area contributed by atoms with Crippen LogP contribution in [0.3, 0.4) is 0 Å². The Morgan fingerprint density at radius 2 is 1.79 bits per heavy atom. The molecule has 0 bridgehead atoms. The number of nitrogens with zero attached hydrogens (tertiary/aromatic N) is 3. The van der Waals surface area contributed by atoms with E-state index in [1.165, 1.54) is 37.9 Å². The van der Waals surface area contributed by atoms with Gasteiger partial charge in [0.2, 0.25) is 0 Å². The fourth-order valence-corrected chi connectivity index (χ4v) is 3.85. The SMILES string of the molecule is CC(C)CC1(c2nnc(CCl)n2C(C)C)CCCC1. The Kier molecular flexibility index (Phi) is 4.54. The Morgan fingerprint density at radius 3 is 2.26 bits per heavy atom. The lowest BCUT2D eigenvalue weighted by Crippen LogP contribution is -2.30. The Bertz CT molecular complexity index is 417. The van der Waals surface area contributed by atoms with E-state index in [0.717, 1.165) is 5.82 Å². The van der Waals surface area contributed by atoms with Crippen LogP contribution in [0.4, 0.5) is 0 Å². The summed E-state index contributed by atoms with van der Waals surface area (Å²) in [5.74, 6) is 3.24. The molecule has 1 aromatic heterocycles. The van der Waals surface area contributed by atoms with E-state index in [1.807, 2.05) is 0 Å². The molecule has 1 heterocycles. The lowest BCUT2D eigenvalue weighted by atomic mass is 9.77. The number of rotatable bonds is 5. The summed E-state index contributed by atoms with van der Waals surface area (Å²) in [4.78, 5) is 0. The van der Waals surface area contributed by atoms with Crippen molar-refractivity contribution in [2.75, 3.05) is 0 Å². The molecule has 0 spiro atoms. The van der Waals surface area contributed by atoms with Crippen LogP contribution >= 0.6 is 11.6 Å². The van der Waals surface area contributed by atoms with Crippen LogP contribution in [0.25, 0.3) is 0 Å². The van der Waals surface area contributed by atoms with E-state index in [9.17, 15) is 0 Å². The molecule has 3 nitrogen and oxygen atoms in total. The topological polar surface area (TPSA) is 30.7 Å². The van der Waals surface area contributed by atoms with E-state index in [2.05, 4.69) is 42.5 Å². The summed E-state index contributed by atoms with van der Waals surface area (Å²) < 4.78 is 2.28. The van der Waals surface area contributed by atoms with Crippen LogP contribution in [0.2, 0.25) is 0 Å². The molecule has 0 radical (unpaired) electrons. The Labute approximate surface area is 121 Å². The van der Waals surface area contributed by atoms with Crippen molar-refractivity contribution in [1.82, 2.24) is 14.8 Å². The van der Waals surface area contributed by atoms with E-state index >= 15 is 0 Å². The number of aromatic nitrogens is 3. The monoisotopic (exact) mass is 283 g/mol. The zero-order valence-corrected chi connectivity index (χ0v) is 13.4. The molecule has 0 amide bonds. The average Bonchev–Trinajstić information content (AvgIpc) is 2.93. The van der Waals surface area contributed by atoms with Gasteiger partial charge in [-0.25, -0.2) is 0 Å². The second-order valence-corrected chi connectivity index (χ2v) is 6.89. The van der Waals surface area contributed by atoms with E-state index in [1.54, 1.807) is 0 Å². The molecule has 0 aromatic carbocycles. The average molecular weight is 284 g/mol. The highest BCUT2D eigenvalue weighted by atomic mass is 35.5. The first-order valence-corrected chi connectivity index (χ1v) is 8.04. The van der Waals surface area contributed by atoms with Gasteiger partial charge in [-0.2, -0.15) is 0 Å². The van der Waals surface area contributed by atoms with Crippen LogP contribution in [0.5, 0.6) is 0 Å². The summed E-state index contributed by atoms with van der Waals surface area (Å²) in [6.45, 7) is 9.00. The van der Waals surface area contributed by atoms with Crippen LogP contribution in [0.15, 0.2) is 0 Å². The minimum atomic E-state index is 0.232. The molecule has 19 heavy (non-hydrogen) atoms. The van der Waals surface area contributed by atoms with E-state index in [-0.39, 0.29) is 5.41 Å². The summed E-state index contributed by atoms with van der Waals surface area (Å²) >= 11 is 6.02. The quantitative estimate of drug-likeness (QED) is 0.747. The highest BCUT2D eigenvalue weighted by Gasteiger charge is 2.41. The Balaban J connectivity index is 2.45. The van der Waals surface area contributed by atoms with Crippen LogP contribution in [0.1, 0.15) is 77.5 Å². The van der Waals surface area contributed by atoms with E-state index < -0.39 is 0 Å². The van der Waals surface area contributed by atoms with Crippen molar-refractivity contribution in [3.8, 4) is 0 Å². The molecule has 0 saturated heterocycles. The number of halogens is 1. The third-order valence-electron chi connectivity index (χ3n) is 4.24. The van der Waals surface area contributed by atoms with Crippen molar-refractivity contribution in [1.29, 1.82) is 0 Å². The molecule has 2 rings (SSSR count). The van der Waals surface area contributed by atoms with Gasteiger partial charge in [0, 0.05) is 11.5 Å². The van der Waals surface area contributed by atoms with Crippen molar-refractivity contribution in [3.63, 3.8) is 0 Å². The van der Waals surface area contributed by atoms with Gasteiger partial charge in [-0.15, -0.1) is 21.8 Å². The molecule has 0 aliphatic heterocycles. The molecule has 1 aliphatic rings. The number of alkyl halides is 1. The minimum Gasteiger partial charge on any atom is -0.311 e. The first kappa shape index (κ1) is 14.8. The third-order valence-corrected chi connectivity index (χ3v) is 4.48. The van der Waals surface area contributed by atoms with Crippen molar-refractivity contribution in [2.45, 2.75) is 77.1 Å². The van der Waals surface area contributed by atoms with Gasteiger partial charge in [-0.1, -0.05) is 26.7 Å². The smallest absolute Gasteiger partial charge is 0.148 e. The molecule has 0 atom stereocenters. The van der Waals surface area contributed by atoms with E-state index in [0.29, 0.717) is 17.8 Å². The van der Waals surface area contributed by atoms with Crippen molar-refractivity contribution in [2.24, 2.45) is 5.92 Å². The summed E-state index contributed by atoms with van der Waals surface area (Å²) in [6.07, 6.45) is 6.33. The highest BCUT2D eigenvalue weighted by molar-refractivity contribution is 6.16. The van der Waals surface area contributed by atoms with Crippen molar-refractivity contribution in [3.05, 3.63) is 11.6 Å². The second kappa shape index (κ2) is 5.82. The lowest BCUT2D eigenvalue weighted by Gasteiger charge is -2.31. The fourth-order valence-electron chi connectivity index (χ4n) is 3.67. The van der Waals surface area contributed by atoms with Crippen molar-refractivity contribution < 1.29 is 0 Å². The molecule has 0 N–H and O–H groups in total. The predicted molar refractivity (Wildman–Crippen MR) is 79.6 cm³/mol. The molecule has 4 heteroatoms. The Hall–Kier alpha value is -0.570. The molecular weight excluding hydrogens is 258 g/mol. The van der Waals surface area contributed by atoms with Gasteiger partial charge in [0.15, 0.2) is 0 Å². The van der Waals surface area contributed by atoms with Gasteiger partial charge in [0.25, 0.3) is 0 Å². The third kappa shape index (κ3) is 2.81. The van der Waals surface area contributed by atoms with Gasteiger partial charge in [0.1, 0.15) is 11.6 Å². The lowest BCUT2D eigenvalue weighted by molar-refractivity contribution is 0.310.